The highest BCUT2D eigenvalue weighted by atomic mass is 32.2. The van der Waals surface area contributed by atoms with E-state index in [0.29, 0.717) is 18.7 Å². The number of rotatable bonds is 4. The van der Waals surface area contributed by atoms with Crippen LogP contribution in [0.1, 0.15) is 37.0 Å². The zero-order valence-electron chi connectivity index (χ0n) is 15.3. The molecule has 144 valence electrons. The fourth-order valence-electron chi connectivity index (χ4n) is 3.50. The molecule has 0 spiro atoms. The Bertz CT molecular complexity index is 719. The monoisotopic (exact) mass is 381 g/mol. The topological polar surface area (TPSA) is 87.7 Å². The molecule has 0 aliphatic carbocycles. The van der Waals surface area contributed by atoms with Crippen LogP contribution in [0, 0.1) is 0 Å². The second-order valence-corrected chi connectivity index (χ2v) is 9.06. The first kappa shape index (κ1) is 19.3. The number of nitrogens with zero attached hydrogens (tertiary/aromatic N) is 1. The summed E-state index contributed by atoms with van der Waals surface area (Å²) in [5.41, 5.74) is 0.471. The highest BCUT2D eigenvalue weighted by Crippen LogP contribution is 2.21. The van der Waals surface area contributed by atoms with E-state index >= 15 is 0 Å². The van der Waals surface area contributed by atoms with Crippen molar-refractivity contribution < 1.29 is 17.9 Å². The first-order valence-electron chi connectivity index (χ1n) is 9.13. The van der Waals surface area contributed by atoms with Crippen molar-refractivity contribution in [2.75, 3.05) is 26.2 Å². The van der Waals surface area contributed by atoms with Gasteiger partial charge >= 0.3 is 0 Å². The number of amides is 1. The van der Waals surface area contributed by atoms with Crippen LogP contribution in [0.15, 0.2) is 29.2 Å². The lowest BCUT2D eigenvalue weighted by atomic mass is 10.1. The van der Waals surface area contributed by atoms with Gasteiger partial charge in [-0.05, 0) is 57.5 Å². The smallest absolute Gasteiger partial charge is 0.251 e. The maximum atomic E-state index is 12.8. The Morgan fingerprint density at radius 1 is 1.19 bits per heavy atom. The average Bonchev–Trinajstić information content (AvgIpc) is 2.62. The van der Waals surface area contributed by atoms with E-state index in [9.17, 15) is 13.2 Å². The maximum absolute atomic E-state index is 12.8. The van der Waals surface area contributed by atoms with E-state index in [2.05, 4.69) is 10.6 Å². The summed E-state index contributed by atoms with van der Waals surface area (Å²) in [4.78, 5) is 12.5. The molecule has 2 aliphatic rings. The molecule has 26 heavy (non-hydrogen) atoms. The first-order valence-corrected chi connectivity index (χ1v) is 10.6. The SMILES string of the molecule is CC1CN(S(=O)(=O)c2ccc(C(=O)NC3CCCNC3)cc2)CC(C)O1. The minimum absolute atomic E-state index is 0.121. The van der Waals surface area contributed by atoms with E-state index in [4.69, 9.17) is 4.74 Å². The molecule has 2 aliphatic heterocycles. The summed E-state index contributed by atoms with van der Waals surface area (Å²) in [5, 5.41) is 6.24. The lowest BCUT2D eigenvalue weighted by molar-refractivity contribution is -0.0440. The molecule has 2 N–H and O–H groups in total. The summed E-state index contributed by atoms with van der Waals surface area (Å²) in [7, 11) is -3.59. The number of hydrogen-bond acceptors (Lipinski definition) is 5. The van der Waals surface area contributed by atoms with Crippen LogP contribution in [-0.4, -0.2) is 63.1 Å². The van der Waals surface area contributed by atoms with Gasteiger partial charge in [-0.3, -0.25) is 4.79 Å². The van der Waals surface area contributed by atoms with Gasteiger partial charge in [-0.15, -0.1) is 0 Å². The Hall–Kier alpha value is -1.48. The highest BCUT2D eigenvalue weighted by Gasteiger charge is 2.32. The summed E-state index contributed by atoms with van der Waals surface area (Å²) in [6.07, 6.45) is 1.72. The van der Waals surface area contributed by atoms with Crippen LogP contribution in [0.2, 0.25) is 0 Å². The van der Waals surface area contributed by atoms with Gasteiger partial charge in [-0.25, -0.2) is 8.42 Å². The van der Waals surface area contributed by atoms with Crippen LogP contribution in [-0.2, 0) is 14.8 Å². The molecule has 7 nitrogen and oxygen atoms in total. The molecule has 3 unspecified atom stereocenters. The van der Waals surface area contributed by atoms with Gasteiger partial charge in [0.2, 0.25) is 10.0 Å². The minimum Gasteiger partial charge on any atom is -0.373 e. The molecule has 8 heteroatoms. The lowest BCUT2D eigenvalue weighted by Crippen LogP contribution is -2.48. The van der Waals surface area contributed by atoms with Crippen molar-refractivity contribution in [2.45, 2.75) is 49.8 Å². The van der Waals surface area contributed by atoms with E-state index in [1.165, 1.54) is 16.4 Å². The number of ether oxygens (including phenoxy) is 1. The van der Waals surface area contributed by atoms with Crippen molar-refractivity contribution in [3.8, 4) is 0 Å². The molecule has 2 saturated heterocycles. The van der Waals surface area contributed by atoms with Crippen molar-refractivity contribution in [3.63, 3.8) is 0 Å². The van der Waals surface area contributed by atoms with Gasteiger partial charge in [0, 0.05) is 31.2 Å². The van der Waals surface area contributed by atoms with Crippen LogP contribution < -0.4 is 10.6 Å². The largest absolute Gasteiger partial charge is 0.373 e. The Balaban J connectivity index is 1.69. The normalized spacial score (nSPS) is 27.8. The third-order valence-corrected chi connectivity index (χ3v) is 6.62. The number of hydrogen-bond donors (Lipinski definition) is 2. The third kappa shape index (κ3) is 4.43. The van der Waals surface area contributed by atoms with Gasteiger partial charge in [0.1, 0.15) is 0 Å². The fourth-order valence-corrected chi connectivity index (χ4v) is 5.09. The zero-order valence-corrected chi connectivity index (χ0v) is 16.1. The van der Waals surface area contributed by atoms with Gasteiger partial charge in [0.25, 0.3) is 5.91 Å². The number of carbonyl (C=O) groups is 1. The second kappa shape index (κ2) is 8.04. The van der Waals surface area contributed by atoms with Gasteiger partial charge in [0.05, 0.1) is 17.1 Å². The molecule has 1 aromatic rings. The third-order valence-electron chi connectivity index (χ3n) is 4.77. The van der Waals surface area contributed by atoms with Gasteiger partial charge in [0.15, 0.2) is 0 Å². The molecule has 3 rings (SSSR count). The van der Waals surface area contributed by atoms with Crippen LogP contribution in [0.3, 0.4) is 0 Å². The molecular formula is C18H27N3O4S. The Labute approximate surface area is 155 Å². The zero-order chi connectivity index (χ0) is 18.7. The number of piperidine rings is 1. The molecule has 0 radical (unpaired) electrons. The van der Waals surface area contributed by atoms with Crippen molar-refractivity contribution in [2.24, 2.45) is 0 Å². The Morgan fingerprint density at radius 3 is 2.42 bits per heavy atom. The summed E-state index contributed by atoms with van der Waals surface area (Å²) in [6.45, 7) is 6.16. The predicted molar refractivity (Wildman–Crippen MR) is 98.6 cm³/mol. The number of benzene rings is 1. The maximum Gasteiger partial charge on any atom is 0.251 e. The molecular weight excluding hydrogens is 354 g/mol. The second-order valence-electron chi connectivity index (χ2n) is 7.12. The quantitative estimate of drug-likeness (QED) is 0.811. The molecule has 1 aromatic carbocycles. The minimum atomic E-state index is -3.59. The fraction of sp³-hybridized carbons (Fsp3) is 0.611. The number of nitrogens with one attached hydrogen (secondary N) is 2. The van der Waals surface area contributed by atoms with E-state index < -0.39 is 10.0 Å². The number of morpholine rings is 1. The number of sulfonamides is 1. The molecule has 3 atom stereocenters. The summed E-state index contributed by atoms with van der Waals surface area (Å²) >= 11 is 0. The molecule has 0 aromatic heterocycles. The Morgan fingerprint density at radius 2 is 1.85 bits per heavy atom. The molecule has 0 bridgehead atoms. The molecule has 2 heterocycles. The molecule has 0 saturated carbocycles. The van der Waals surface area contributed by atoms with Crippen molar-refractivity contribution in [3.05, 3.63) is 29.8 Å². The molecule has 1 amide bonds. The first-order chi connectivity index (χ1) is 12.4. The van der Waals surface area contributed by atoms with Crippen molar-refractivity contribution in [1.82, 2.24) is 14.9 Å². The van der Waals surface area contributed by atoms with Crippen molar-refractivity contribution >= 4 is 15.9 Å². The average molecular weight is 381 g/mol. The number of carbonyl (C=O) groups excluding carboxylic acids is 1. The van der Waals surface area contributed by atoms with E-state index in [0.717, 1.165) is 25.9 Å². The van der Waals surface area contributed by atoms with E-state index in [1.54, 1.807) is 12.1 Å². The van der Waals surface area contributed by atoms with Crippen LogP contribution in [0.25, 0.3) is 0 Å². The standard InChI is InChI=1S/C18H27N3O4S/c1-13-11-21(12-14(2)25-13)26(23,24)17-7-5-15(6-8-17)18(22)20-16-4-3-9-19-10-16/h5-8,13-14,16,19H,3-4,9-12H2,1-2H3,(H,20,22). The predicted octanol–water partition coefficient (Wildman–Crippen LogP) is 0.966. The van der Waals surface area contributed by atoms with E-state index in [1.807, 2.05) is 13.8 Å². The Kier molecular flexibility index (Phi) is 5.96. The van der Waals surface area contributed by atoms with Gasteiger partial charge in [-0.2, -0.15) is 4.31 Å². The van der Waals surface area contributed by atoms with E-state index in [-0.39, 0.29) is 29.1 Å². The summed E-state index contributed by atoms with van der Waals surface area (Å²) in [5.74, 6) is -0.170. The van der Waals surface area contributed by atoms with Gasteiger partial charge < -0.3 is 15.4 Å². The van der Waals surface area contributed by atoms with Gasteiger partial charge in [-0.1, -0.05) is 0 Å². The van der Waals surface area contributed by atoms with Crippen LogP contribution >= 0.6 is 0 Å². The lowest BCUT2D eigenvalue weighted by Gasteiger charge is -2.34. The van der Waals surface area contributed by atoms with Crippen LogP contribution in [0.4, 0.5) is 0 Å². The highest BCUT2D eigenvalue weighted by molar-refractivity contribution is 7.89. The molecule has 2 fully saturated rings. The summed E-state index contributed by atoms with van der Waals surface area (Å²) in [6, 6.07) is 6.29. The van der Waals surface area contributed by atoms with Crippen LogP contribution in [0.5, 0.6) is 0 Å². The van der Waals surface area contributed by atoms with Crippen molar-refractivity contribution in [1.29, 1.82) is 0 Å². The summed E-state index contributed by atoms with van der Waals surface area (Å²) < 4.78 is 32.7.